The number of hydrogen-bond acceptors (Lipinski definition) is 3. The van der Waals surface area contributed by atoms with Crippen LogP contribution in [0.1, 0.15) is 0 Å². The van der Waals surface area contributed by atoms with Gasteiger partial charge in [0.05, 0.1) is 11.6 Å². The van der Waals surface area contributed by atoms with Crippen LogP contribution >= 0.6 is 15.9 Å². The average molecular weight is 228 g/mol. The van der Waals surface area contributed by atoms with Gasteiger partial charge in [0.25, 0.3) is 0 Å². The van der Waals surface area contributed by atoms with E-state index in [4.69, 9.17) is 4.74 Å². The monoisotopic (exact) mass is 227 g/mol. The molecule has 5 heteroatoms. The summed E-state index contributed by atoms with van der Waals surface area (Å²) in [6, 6.07) is 3.70. The first kappa shape index (κ1) is 7.54. The van der Waals surface area contributed by atoms with E-state index in [1.165, 1.54) is 6.33 Å². The first-order valence-corrected chi connectivity index (χ1v) is 4.14. The number of rotatable bonds is 1. The van der Waals surface area contributed by atoms with Gasteiger partial charge in [0, 0.05) is 6.07 Å². The van der Waals surface area contributed by atoms with E-state index in [-0.39, 0.29) is 0 Å². The maximum absolute atomic E-state index is 5.08. The smallest absolute Gasteiger partial charge is 0.216 e. The summed E-state index contributed by atoms with van der Waals surface area (Å²) in [5.41, 5.74) is 0.759. The normalized spacial score (nSPS) is 10.5. The predicted octanol–water partition coefficient (Wildman–Crippen LogP) is 1.50. The molecule has 0 N–H and O–H groups in total. The van der Waals surface area contributed by atoms with Gasteiger partial charge in [-0.1, -0.05) is 0 Å². The quantitative estimate of drug-likeness (QED) is 0.742. The molecule has 0 bridgehead atoms. The molecule has 0 saturated carbocycles. The van der Waals surface area contributed by atoms with E-state index in [0.717, 1.165) is 10.1 Å². The van der Waals surface area contributed by atoms with Crippen LogP contribution in [0, 0.1) is 0 Å². The molecule has 0 unspecified atom stereocenters. The van der Waals surface area contributed by atoms with E-state index in [0.29, 0.717) is 5.88 Å². The Balaban J connectivity index is 2.82. The minimum atomic E-state index is 0.672. The lowest BCUT2D eigenvalue weighted by Crippen LogP contribution is -1.95. The van der Waals surface area contributed by atoms with E-state index in [1.54, 1.807) is 11.6 Å². The van der Waals surface area contributed by atoms with Crippen molar-refractivity contribution < 1.29 is 4.74 Å². The Bertz CT molecular complexity index is 412. The summed E-state index contributed by atoms with van der Waals surface area (Å²) in [5.74, 6) is 0.672. The first-order chi connectivity index (χ1) is 5.83. The first-order valence-electron chi connectivity index (χ1n) is 3.35. The third-order valence-electron chi connectivity index (χ3n) is 1.55. The van der Waals surface area contributed by atoms with Crippen molar-refractivity contribution in [3.05, 3.63) is 22.9 Å². The molecule has 0 aliphatic rings. The highest BCUT2D eigenvalue weighted by Crippen LogP contribution is 2.20. The van der Waals surface area contributed by atoms with Gasteiger partial charge in [-0.2, -0.15) is 9.61 Å². The van der Waals surface area contributed by atoms with Crippen molar-refractivity contribution >= 4 is 21.6 Å². The maximum Gasteiger partial charge on any atom is 0.216 e. The topological polar surface area (TPSA) is 39.4 Å². The second kappa shape index (κ2) is 2.75. The molecule has 0 aliphatic carbocycles. The minimum absolute atomic E-state index is 0.672. The number of fused-ring (bicyclic) bond motifs is 1. The van der Waals surface area contributed by atoms with Gasteiger partial charge in [-0.3, -0.25) is 0 Å². The lowest BCUT2D eigenvalue weighted by atomic mass is 10.5. The molecule has 2 rings (SSSR count). The SMILES string of the molecule is COc1ccc(Br)c2ncnn12. The zero-order chi connectivity index (χ0) is 8.55. The Morgan fingerprint density at radius 1 is 1.50 bits per heavy atom. The van der Waals surface area contributed by atoms with E-state index < -0.39 is 0 Å². The van der Waals surface area contributed by atoms with Gasteiger partial charge in [0.15, 0.2) is 5.65 Å². The fourth-order valence-electron chi connectivity index (χ4n) is 1.01. The highest BCUT2D eigenvalue weighted by Gasteiger charge is 2.04. The van der Waals surface area contributed by atoms with Crippen LogP contribution in [0.15, 0.2) is 22.9 Å². The van der Waals surface area contributed by atoms with Crippen molar-refractivity contribution in [1.82, 2.24) is 14.6 Å². The van der Waals surface area contributed by atoms with Gasteiger partial charge in [-0.15, -0.1) is 0 Å². The Morgan fingerprint density at radius 3 is 3.08 bits per heavy atom. The van der Waals surface area contributed by atoms with Crippen molar-refractivity contribution in [3.63, 3.8) is 0 Å². The highest BCUT2D eigenvalue weighted by atomic mass is 79.9. The molecule has 2 heterocycles. The lowest BCUT2D eigenvalue weighted by Gasteiger charge is -2.01. The van der Waals surface area contributed by atoms with E-state index >= 15 is 0 Å². The van der Waals surface area contributed by atoms with E-state index in [1.807, 2.05) is 12.1 Å². The largest absolute Gasteiger partial charge is 0.481 e. The molecule has 0 aromatic carbocycles. The van der Waals surface area contributed by atoms with Crippen molar-refractivity contribution in [2.24, 2.45) is 0 Å². The standard InChI is InChI=1S/C7H6BrN3O/c1-12-6-3-2-5(8)7-9-4-10-11(6)7/h2-4H,1H3. The summed E-state index contributed by atoms with van der Waals surface area (Å²) in [6.07, 6.45) is 1.49. The Hall–Kier alpha value is -1.10. The Kier molecular flexibility index (Phi) is 1.73. The summed E-state index contributed by atoms with van der Waals surface area (Å²) in [6.45, 7) is 0. The van der Waals surface area contributed by atoms with Crippen LogP contribution in [0.4, 0.5) is 0 Å². The third-order valence-corrected chi connectivity index (χ3v) is 2.17. The predicted molar refractivity (Wildman–Crippen MR) is 47.2 cm³/mol. The molecule has 0 atom stereocenters. The van der Waals surface area contributed by atoms with Crippen molar-refractivity contribution in [2.45, 2.75) is 0 Å². The van der Waals surface area contributed by atoms with E-state index in [2.05, 4.69) is 26.0 Å². The van der Waals surface area contributed by atoms with Crippen LogP contribution in [-0.2, 0) is 0 Å². The fourth-order valence-corrected chi connectivity index (χ4v) is 1.41. The molecule has 0 saturated heterocycles. The molecule has 0 fully saturated rings. The number of aromatic nitrogens is 3. The van der Waals surface area contributed by atoms with Crippen LogP contribution in [-0.4, -0.2) is 21.7 Å². The molecule has 62 valence electrons. The summed E-state index contributed by atoms with van der Waals surface area (Å²) in [7, 11) is 1.60. The molecular weight excluding hydrogens is 222 g/mol. The second-order valence-electron chi connectivity index (χ2n) is 2.22. The van der Waals surface area contributed by atoms with Crippen molar-refractivity contribution in [2.75, 3.05) is 7.11 Å². The number of pyridine rings is 1. The summed E-state index contributed by atoms with van der Waals surface area (Å²) in [4.78, 5) is 4.05. The summed E-state index contributed by atoms with van der Waals surface area (Å²) < 4.78 is 7.61. The zero-order valence-electron chi connectivity index (χ0n) is 6.36. The number of methoxy groups -OCH3 is 1. The molecule has 2 aromatic rings. The van der Waals surface area contributed by atoms with E-state index in [9.17, 15) is 0 Å². The molecule has 0 aliphatic heterocycles. The number of halogens is 1. The third kappa shape index (κ3) is 0.972. The van der Waals surface area contributed by atoms with Gasteiger partial charge < -0.3 is 4.74 Å². The second-order valence-corrected chi connectivity index (χ2v) is 3.07. The van der Waals surface area contributed by atoms with Crippen LogP contribution in [0.25, 0.3) is 5.65 Å². The molecule has 12 heavy (non-hydrogen) atoms. The molecule has 0 spiro atoms. The fraction of sp³-hybridized carbons (Fsp3) is 0.143. The molecule has 4 nitrogen and oxygen atoms in total. The molecule has 0 amide bonds. The average Bonchev–Trinajstić information content (AvgIpc) is 2.54. The maximum atomic E-state index is 5.08. The number of nitrogens with zero attached hydrogens (tertiary/aromatic N) is 3. The van der Waals surface area contributed by atoms with Crippen molar-refractivity contribution in [1.29, 1.82) is 0 Å². The van der Waals surface area contributed by atoms with Crippen LogP contribution in [0.5, 0.6) is 5.88 Å². The Labute approximate surface area is 77.3 Å². The van der Waals surface area contributed by atoms with Crippen molar-refractivity contribution in [3.8, 4) is 5.88 Å². The van der Waals surface area contributed by atoms with Crippen LogP contribution in [0.2, 0.25) is 0 Å². The van der Waals surface area contributed by atoms with Gasteiger partial charge in [0.1, 0.15) is 6.33 Å². The molecule has 2 aromatic heterocycles. The molecular formula is C7H6BrN3O. The van der Waals surface area contributed by atoms with Crippen LogP contribution in [0.3, 0.4) is 0 Å². The highest BCUT2D eigenvalue weighted by molar-refractivity contribution is 9.10. The zero-order valence-corrected chi connectivity index (χ0v) is 7.95. The van der Waals surface area contributed by atoms with Crippen LogP contribution < -0.4 is 4.74 Å². The molecule has 0 radical (unpaired) electrons. The minimum Gasteiger partial charge on any atom is -0.481 e. The number of ether oxygens (including phenoxy) is 1. The lowest BCUT2D eigenvalue weighted by molar-refractivity contribution is 0.385. The summed E-state index contributed by atoms with van der Waals surface area (Å²) >= 11 is 3.36. The van der Waals surface area contributed by atoms with Gasteiger partial charge >= 0.3 is 0 Å². The van der Waals surface area contributed by atoms with Gasteiger partial charge in [-0.25, -0.2) is 4.98 Å². The van der Waals surface area contributed by atoms with Gasteiger partial charge in [0.2, 0.25) is 5.88 Å². The summed E-state index contributed by atoms with van der Waals surface area (Å²) in [5, 5.41) is 4.00. The Morgan fingerprint density at radius 2 is 2.33 bits per heavy atom. The number of hydrogen-bond donors (Lipinski definition) is 0. The van der Waals surface area contributed by atoms with Gasteiger partial charge in [-0.05, 0) is 22.0 Å².